The van der Waals surface area contributed by atoms with Gasteiger partial charge in [-0.1, -0.05) is 23.7 Å². The van der Waals surface area contributed by atoms with Gasteiger partial charge in [0.2, 0.25) is 5.43 Å². The number of hydrogen-bond donors (Lipinski definition) is 0. The van der Waals surface area contributed by atoms with E-state index >= 15 is 0 Å². The van der Waals surface area contributed by atoms with Crippen molar-refractivity contribution in [2.75, 3.05) is 7.11 Å². The number of ether oxygens (including phenoxy) is 1. The van der Waals surface area contributed by atoms with E-state index in [4.69, 9.17) is 16.3 Å². The van der Waals surface area contributed by atoms with Crippen LogP contribution in [0, 0.1) is 11.3 Å². The normalized spacial score (nSPS) is 10.5. The molecule has 5 heteroatoms. The van der Waals surface area contributed by atoms with Gasteiger partial charge >= 0.3 is 0 Å². The monoisotopic (exact) mass is 324 g/mol. The SMILES string of the molecule is COc1ccc2c(c1)c(=O)c(C#N)cn2Cc1ccc(Cl)cc1. The maximum Gasteiger partial charge on any atom is 0.207 e. The van der Waals surface area contributed by atoms with Gasteiger partial charge in [-0.15, -0.1) is 0 Å². The lowest BCUT2D eigenvalue weighted by atomic mass is 10.1. The van der Waals surface area contributed by atoms with Crippen molar-refractivity contribution in [2.45, 2.75) is 6.54 Å². The Morgan fingerprint density at radius 2 is 1.96 bits per heavy atom. The van der Waals surface area contributed by atoms with E-state index in [0.717, 1.165) is 11.1 Å². The van der Waals surface area contributed by atoms with E-state index in [0.29, 0.717) is 22.7 Å². The molecule has 1 aromatic heterocycles. The van der Waals surface area contributed by atoms with Crippen LogP contribution in [0.4, 0.5) is 0 Å². The van der Waals surface area contributed by atoms with Crippen molar-refractivity contribution in [1.82, 2.24) is 4.57 Å². The van der Waals surface area contributed by atoms with E-state index in [1.165, 1.54) is 0 Å². The predicted molar refractivity (Wildman–Crippen MR) is 90.0 cm³/mol. The minimum atomic E-state index is -0.284. The Morgan fingerprint density at radius 1 is 1.22 bits per heavy atom. The van der Waals surface area contributed by atoms with E-state index in [1.54, 1.807) is 25.4 Å². The maximum absolute atomic E-state index is 12.4. The molecule has 0 amide bonds. The Balaban J connectivity index is 2.19. The third-order valence-electron chi connectivity index (χ3n) is 3.67. The van der Waals surface area contributed by atoms with Gasteiger partial charge in [0.05, 0.1) is 18.0 Å². The first-order valence-electron chi connectivity index (χ1n) is 6.98. The smallest absolute Gasteiger partial charge is 0.207 e. The molecule has 0 aliphatic heterocycles. The highest BCUT2D eigenvalue weighted by Crippen LogP contribution is 2.20. The molecule has 0 bridgehead atoms. The predicted octanol–water partition coefficient (Wildman–Crippen LogP) is 3.58. The highest BCUT2D eigenvalue weighted by Gasteiger charge is 2.10. The Hall–Kier alpha value is -2.77. The van der Waals surface area contributed by atoms with Crippen molar-refractivity contribution < 1.29 is 4.74 Å². The summed E-state index contributed by atoms with van der Waals surface area (Å²) >= 11 is 5.91. The molecule has 2 aromatic carbocycles. The van der Waals surface area contributed by atoms with Crippen LogP contribution in [0.5, 0.6) is 5.75 Å². The van der Waals surface area contributed by atoms with Crippen LogP contribution in [-0.2, 0) is 6.54 Å². The molecule has 0 aliphatic carbocycles. The molecular formula is C18H13ClN2O2. The van der Waals surface area contributed by atoms with Gasteiger partial charge in [0.25, 0.3) is 0 Å². The highest BCUT2D eigenvalue weighted by molar-refractivity contribution is 6.30. The topological polar surface area (TPSA) is 55.0 Å². The number of aromatic nitrogens is 1. The second kappa shape index (κ2) is 6.15. The van der Waals surface area contributed by atoms with E-state index in [9.17, 15) is 10.1 Å². The zero-order chi connectivity index (χ0) is 16.4. The zero-order valence-corrected chi connectivity index (χ0v) is 13.2. The molecule has 4 nitrogen and oxygen atoms in total. The lowest BCUT2D eigenvalue weighted by Crippen LogP contribution is -2.13. The van der Waals surface area contributed by atoms with Crippen LogP contribution in [0.25, 0.3) is 10.9 Å². The molecule has 114 valence electrons. The first-order valence-corrected chi connectivity index (χ1v) is 7.36. The molecule has 3 aromatic rings. The number of nitriles is 1. The molecule has 0 fully saturated rings. The van der Waals surface area contributed by atoms with Crippen LogP contribution in [0.2, 0.25) is 5.02 Å². The fraction of sp³-hybridized carbons (Fsp3) is 0.111. The molecule has 1 heterocycles. The van der Waals surface area contributed by atoms with E-state index < -0.39 is 0 Å². The van der Waals surface area contributed by atoms with Crippen LogP contribution in [0.15, 0.2) is 53.5 Å². The summed E-state index contributed by atoms with van der Waals surface area (Å²) in [6.45, 7) is 0.537. The Kier molecular flexibility index (Phi) is 4.05. The number of hydrogen-bond acceptors (Lipinski definition) is 3. The van der Waals surface area contributed by atoms with Crippen molar-refractivity contribution in [3.63, 3.8) is 0 Å². The summed E-state index contributed by atoms with van der Waals surface area (Å²) < 4.78 is 7.06. The number of nitrogens with zero attached hydrogens (tertiary/aromatic N) is 2. The molecule has 0 N–H and O–H groups in total. The van der Waals surface area contributed by atoms with Crippen molar-refractivity contribution in [1.29, 1.82) is 5.26 Å². The van der Waals surface area contributed by atoms with E-state index in [-0.39, 0.29) is 11.0 Å². The quantitative estimate of drug-likeness (QED) is 0.740. The average molecular weight is 325 g/mol. The van der Waals surface area contributed by atoms with E-state index in [1.807, 2.05) is 41.0 Å². The van der Waals surface area contributed by atoms with Gasteiger partial charge in [-0.05, 0) is 35.9 Å². The molecule has 0 saturated carbocycles. The molecule has 3 rings (SSSR count). The molecule has 0 saturated heterocycles. The molecule has 0 spiro atoms. The first-order chi connectivity index (χ1) is 11.1. The molecular weight excluding hydrogens is 312 g/mol. The van der Waals surface area contributed by atoms with Crippen molar-refractivity contribution in [3.05, 3.63) is 75.0 Å². The summed E-state index contributed by atoms with van der Waals surface area (Å²) in [4.78, 5) is 12.4. The minimum absolute atomic E-state index is 0.111. The number of pyridine rings is 1. The van der Waals surface area contributed by atoms with Gasteiger partial charge in [0.1, 0.15) is 17.4 Å². The van der Waals surface area contributed by atoms with Gasteiger partial charge in [-0.3, -0.25) is 4.79 Å². The van der Waals surface area contributed by atoms with E-state index in [2.05, 4.69) is 0 Å². The number of rotatable bonds is 3. The summed E-state index contributed by atoms with van der Waals surface area (Å²) in [5, 5.41) is 10.4. The summed E-state index contributed by atoms with van der Waals surface area (Å²) in [6.07, 6.45) is 1.59. The Labute approximate surface area is 138 Å². The first kappa shape index (κ1) is 15.1. The van der Waals surface area contributed by atoms with Crippen LogP contribution >= 0.6 is 11.6 Å². The molecule has 0 atom stereocenters. The number of benzene rings is 2. The minimum Gasteiger partial charge on any atom is -0.497 e. The fourth-order valence-corrected chi connectivity index (χ4v) is 2.63. The summed E-state index contributed by atoms with van der Waals surface area (Å²) in [6, 6.07) is 14.7. The Bertz CT molecular complexity index is 969. The van der Waals surface area contributed by atoms with Crippen LogP contribution in [0.3, 0.4) is 0 Å². The van der Waals surface area contributed by atoms with Crippen LogP contribution < -0.4 is 10.2 Å². The molecule has 0 radical (unpaired) electrons. The summed E-state index contributed by atoms with van der Waals surface area (Å²) in [5.41, 5.74) is 1.61. The Morgan fingerprint density at radius 3 is 2.61 bits per heavy atom. The molecule has 0 unspecified atom stereocenters. The second-order valence-corrected chi connectivity index (χ2v) is 5.56. The molecule has 0 aliphatic rings. The van der Waals surface area contributed by atoms with Crippen LogP contribution in [-0.4, -0.2) is 11.7 Å². The number of methoxy groups -OCH3 is 1. The summed E-state index contributed by atoms with van der Waals surface area (Å²) in [5.74, 6) is 0.586. The third-order valence-corrected chi connectivity index (χ3v) is 3.93. The lowest BCUT2D eigenvalue weighted by Gasteiger charge is -2.12. The average Bonchev–Trinajstić information content (AvgIpc) is 2.58. The van der Waals surface area contributed by atoms with Gasteiger partial charge in [0.15, 0.2) is 0 Å². The second-order valence-electron chi connectivity index (χ2n) is 5.12. The maximum atomic E-state index is 12.4. The highest BCUT2D eigenvalue weighted by atomic mass is 35.5. The standard InChI is InChI=1S/C18H13ClN2O2/c1-23-15-6-7-17-16(8-15)18(22)13(9-20)11-21(17)10-12-2-4-14(19)5-3-12/h2-8,11H,10H2,1H3. The zero-order valence-electron chi connectivity index (χ0n) is 12.4. The number of halogens is 1. The third kappa shape index (κ3) is 2.92. The van der Waals surface area contributed by atoms with Gasteiger partial charge < -0.3 is 9.30 Å². The number of fused-ring (bicyclic) bond motifs is 1. The van der Waals surface area contributed by atoms with Crippen molar-refractivity contribution >= 4 is 22.5 Å². The van der Waals surface area contributed by atoms with Gasteiger partial charge in [0, 0.05) is 17.8 Å². The largest absolute Gasteiger partial charge is 0.497 e. The fourth-order valence-electron chi connectivity index (χ4n) is 2.50. The summed E-state index contributed by atoms with van der Waals surface area (Å²) in [7, 11) is 1.54. The lowest BCUT2D eigenvalue weighted by molar-refractivity contribution is 0.415. The van der Waals surface area contributed by atoms with Crippen LogP contribution in [0.1, 0.15) is 11.1 Å². The van der Waals surface area contributed by atoms with Crippen molar-refractivity contribution in [2.24, 2.45) is 0 Å². The van der Waals surface area contributed by atoms with Gasteiger partial charge in [-0.25, -0.2) is 0 Å². The van der Waals surface area contributed by atoms with Crippen molar-refractivity contribution in [3.8, 4) is 11.8 Å². The molecule has 23 heavy (non-hydrogen) atoms. The van der Waals surface area contributed by atoms with Gasteiger partial charge in [-0.2, -0.15) is 5.26 Å².